The van der Waals surface area contributed by atoms with E-state index < -0.39 is 0 Å². The van der Waals surface area contributed by atoms with E-state index in [1.165, 1.54) is 13.0 Å². The molecule has 0 atom stereocenters. The fourth-order valence-corrected chi connectivity index (χ4v) is 3.28. The van der Waals surface area contributed by atoms with E-state index in [4.69, 9.17) is 10.1 Å². The first-order valence-electron chi connectivity index (χ1n) is 9.19. The predicted molar refractivity (Wildman–Crippen MR) is 113 cm³/mol. The van der Waals surface area contributed by atoms with Crippen LogP contribution in [0.2, 0.25) is 0 Å². The van der Waals surface area contributed by atoms with Crippen LogP contribution in [0.1, 0.15) is 25.1 Å². The van der Waals surface area contributed by atoms with Crippen molar-refractivity contribution in [3.8, 4) is 5.75 Å². The molecular weight excluding hydrogens is 370 g/mol. The number of aliphatic hydroxyl groups excluding tert-OH is 2. The molecule has 7 nitrogen and oxygen atoms in total. The van der Waals surface area contributed by atoms with E-state index in [1.54, 1.807) is 35.9 Å². The number of benzene rings is 1. The molecule has 0 fully saturated rings. The molecule has 0 spiro atoms. The Bertz CT molecular complexity index is 1130. The monoisotopic (exact) mass is 393 g/mol. The van der Waals surface area contributed by atoms with Crippen LogP contribution in [0.5, 0.6) is 5.75 Å². The molecule has 1 aromatic carbocycles. The van der Waals surface area contributed by atoms with Gasteiger partial charge in [-0.25, -0.2) is 0 Å². The molecule has 29 heavy (non-hydrogen) atoms. The highest BCUT2D eigenvalue weighted by molar-refractivity contribution is 6.22. The number of nitrogens with one attached hydrogen (secondary N) is 1. The topological polar surface area (TPSA) is 108 Å². The number of hydrogen-bond donors (Lipinski definition) is 3. The highest BCUT2D eigenvalue weighted by atomic mass is 16.5. The standard InChI is InChI=1S/C22H23N3O4/c1-14(23)22(15(2)27)18-11-16-6-7-21(28)25(13-17-5-3-4-8-24-17)19(16)12-20(18)29-10-9-26/h3-8,11-12,23,26-27H,9-10,13H2,1-2H3/b22-15+,23-14?. The molecule has 150 valence electrons. The molecule has 3 aromatic rings. The SMILES string of the molecule is CC(=N)/C(=C(/C)O)c1cc2ccc(=O)n(Cc3ccccn3)c2cc1OCCO. The summed E-state index contributed by atoms with van der Waals surface area (Å²) in [6, 6.07) is 12.2. The molecule has 0 bridgehead atoms. The zero-order valence-electron chi connectivity index (χ0n) is 16.3. The molecular formula is C22H23N3O4. The molecule has 2 heterocycles. The van der Waals surface area contributed by atoms with Crippen LogP contribution in [-0.4, -0.2) is 38.7 Å². The smallest absolute Gasteiger partial charge is 0.251 e. The lowest BCUT2D eigenvalue weighted by Crippen LogP contribution is -2.20. The molecule has 0 amide bonds. The Labute approximate surface area is 168 Å². The minimum Gasteiger partial charge on any atom is -0.512 e. The first-order valence-corrected chi connectivity index (χ1v) is 9.19. The van der Waals surface area contributed by atoms with Crippen molar-refractivity contribution in [3.05, 3.63) is 76.0 Å². The maximum Gasteiger partial charge on any atom is 0.251 e. The lowest BCUT2D eigenvalue weighted by molar-refractivity contribution is 0.201. The van der Waals surface area contributed by atoms with Gasteiger partial charge in [0.05, 0.1) is 30.1 Å². The quantitative estimate of drug-likeness (QED) is 0.422. The van der Waals surface area contributed by atoms with Crippen LogP contribution in [0.15, 0.2) is 59.2 Å². The van der Waals surface area contributed by atoms with Gasteiger partial charge < -0.3 is 24.9 Å². The van der Waals surface area contributed by atoms with E-state index in [9.17, 15) is 15.0 Å². The second kappa shape index (κ2) is 8.70. The van der Waals surface area contributed by atoms with Gasteiger partial charge in [0, 0.05) is 35.2 Å². The van der Waals surface area contributed by atoms with E-state index in [0.717, 1.165) is 11.1 Å². The molecule has 0 aliphatic carbocycles. The molecule has 0 radical (unpaired) electrons. The van der Waals surface area contributed by atoms with Crippen LogP contribution in [0.3, 0.4) is 0 Å². The number of nitrogens with zero attached hydrogens (tertiary/aromatic N) is 2. The first-order chi connectivity index (χ1) is 13.9. The first kappa shape index (κ1) is 20.3. The summed E-state index contributed by atoms with van der Waals surface area (Å²) >= 11 is 0. The fraction of sp³-hybridized carbons (Fsp3) is 0.227. The van der Waals surface area contributed by atoms with Gasteiger partial charge >= 0.3 is 0 Å². The van der Waals surface area contributed by atoms with Crippen LogP contribution in [0.4, 0.5) is 0 Å². The van der Waals surface area contributed by atoms with E-state index in [1.807, 2.05) is 18.2 Å². The van der Waals surface area contributed by atoms with Crippen molar-refractivity contribution in [1.82, 2.24) is 9.55 Å². The normalized spacial score (nSPS) is 12.0. The lowest BCUT2D eigenvalue weighted by atomic mass is 9.97. The molecule has 3 rings (SSSR count). The van der Waals surface area contributed by atoms with Gasteiger partial charge in [-0.2, -0.15) is 0 Å². The summed E-state index contributed by atoms with van der Waals surface area (Å²) in [5.41, 5.74) is 2.26. The van der Waals surface area contributed by atoms with Gasteiger partial charge in [0.2, 0.25) is 0 Å². The number of hydrogen-bond acceptors (Lipinski definition) is 6. The van der Waals surface area contributed by atoms with E-state index in [-0.39, 0.29) is 30.2 Å². The van der Waals surface area contributed by atoms with Crippen molar-refractivity contribution < 1.29 is 14.9 Å². The van der Waals surface area contributed by atoms with Crippen molar-refractivity contribution in [3.63, 3.8) is 0 Å². The van der Waals surface area contributed by atoms with Crippen molar-refractivity contribution in [2.24, 2.45) is 0 Å². The van der Waals surface area contributed by atoms with Crippen LogP contribution in [0, 0.1) is 5.41 Å². The Hall–Kier alpha value is -3.45. The summed E-state index contributed by atoms with van der Waals surface area (Å²) in [7, 11) is 0. The Morgan fingerprint density at radius 1 is 1.21 bits per heavy atom. The summed E-state index contributed by atoms with van der Waals surface area (Å²) in [6.45, 7) is 3.24. The predicted octanol–water partition coefficient (Wildman–Crippen LogP) is 3.14. The van der Waals surface area contributed by atoms with E-state index >= 15 is 0 Å². The minimum absolute atomic E-state index is 0.00694. The van der Waals surface area contributed by atoms with Crippen LogP contribution >= 0.6 is 0 Å². The largest absolute Gasteiger partial charge is 0.512 e. The van der Waals surface area contributed by atoms with Gasteiger partial charge in [0.25, 0.3) is 5.56 Å². The summed E-state index contributed by atoms with van der Waals surface area (Å²) < 4.78 is 7.29. The second-order valence-electron chi connectivity index (χ2n) is 6.64. The molecule has 0 saturated carbocycles. The van der Waals surface area contributed by atoms with Gasteiger partial charge in [0.1, 0.15) is 12.4 Å². The third-order valence-corrected chi connectivity index (χ3v) is 4.49. The summed E-state index contributed by atoms with van der Waals surface area (Å²) in [5.74, 6) is 0.370. The maximum atomic E-state index is 12.6. The fourth-order valence-electron chi connectivity index (χ4n) is 3.28. The minimum atomic E-state index is -0.187. The zero-order chi connectivity index (χ0) is 21.0. The van der Waals surface area contributed by atoms with Gasteiger partial charge in [-0.15, -0.1) is 0 Å². The van der Waals surface area contributed by atoms with Crippen LogP contribution in [0.25, 0.3) is 16.5 Å². The van der Waals surface area contributed by atoms with Crippen molar-refractivity contribution >= 4 is 22.2 Å². The Balaban J connectivity index is 2.25. The zero-order valence-corrected chi connectivity index (χ0v) is 16.3. The van der Waals surface area contributed by atoms with E-state index in [0.29, 0.717) is 28.9 Å². The average molecular weight is 393 g/mol. The summed E-state index contributed by atoms with van der Waals surface area (Å²) in [4.78, 5) is 16.9. The van der Waals surface area contributed by atoms with Crippen LogP contribution < -0.4 is 10.3 Å². The van der Waals surface area contributed by atoms with Crippen LogP contribution in [-0.2, 0) is 6.54 Å². The Kier molecular flexibility index (Phi) is 6.09. The van der Waals surface area contributed by atoms with Gasteiger partial charge in [-0.05, 0) is 43.5 Å². The van der Waals surface area contributed by atoms with Crippen molar-refractivity contribution in [1.29, 1.82) is 5.41 Å². The molecule has 0 saturated heterocycles. The molecule has 0 unspecified atom stereocenters. The number of allylic oxidation sites excluding steroid dienone is 2. The Morgan fingerprint density at radius 3 is 2.62 bits per heavy atom. The number of aliphatic hydroxyl groups is 2. The number of fused-ring (bicyclic) bond motifs is 1. The number of ether oxygens (including phenoxy) is 1. The van der Waals surface area contributed by atoms with Gasteiger partial charge in [-0.1, -0.05) is 6.07 Å². The second-order valence-corrected chi connectivity index (χ2v) is 6.64. The third kappa shape index (κ3) is 4.35. The third-order valence-electron chi connectivity index (χ3n) is 4.49. The number of aromatic nitrogens is 2. The molecule has 7 heteroatoms. The molecule has 0 aliphatic rings. The van der Waals surface area contributed by atoms with E-state index in [2.05, 4.69) is 4.98 Å². The summed E-state index contributed by atoms with van der Waals surface area (Å²) in [5, 5.41) is 28.1. The van der Waals surface area contributed by atoms with Gasteiger partial charge in [0.15, 0.2) is 0 Å². The van der Waals surface area contributed by atoms with Crippen molar-refractivity contribution in [2.45, 2.75) is 20.4 Å². The molecule has 2 aromatic heterocycles. The lowest BCUT2D eigenvalue weighted by Gasteiger charge is -2.17. The highest BCUT2D eigenvalue weighted by Gasteiger charge is 2.17. The molecule has 3 N–H and O–H groups in total. The number of pyridine rings is 2. The highest BCUT2D eigenvalue weighted by Crippen LogP contribution is 2.33. The number of rotatable bonds is 7. The average Bonchev–Trinajstić information content (AvgIpc) is 2.69. The maximum absolute atomic E-state index is 12.6. The van der Waals surface area contributed by atoms with Crippen molar-refractivity contribution in [2.75, 3.05) is 13.2 Å². The molecule has 0 aliphatic heterocycles. The summed E-state index contributed by atoms with van der Waals surface area (Å²) in [6.07, 6.45) is 1.67. The van der Waals surface area contributed by atoms with Gasteiger partial charge in [-0.3, -0.25) is 9.78 Å². The Morgan fingerprint density at radius 2 is 2.00 bits per heavy atom.